The number of hydrogen-bond donors (Lipinski definition) is 1. The average molecular weight is 368 g/mol. The molecule has 1 amide bonds. The van der Waals surface area contributed by atoms with Crippen LogP contribution in [0.5, 0.6) is 11.5 Å². The van der Waals surface area contributed by atoms with Crippen molar-refractivity contribution < 1.29 is 19.1 Å². The fourth-order valence-corrected chi connectivity index (χ4v) is 3.54. The van der Waals surface area contributed by atoms with Gasteiger partial charge in [0.2, 0.25) is 5.91 Å². The number of nitrogens with zero attached hydrogens (tertiary/aromatic N) is 1. The molecule has 2 aliphatic rings. The van der Waals surface area contributed by atoms with Crippen molar-refractivity contribution in [3.8, 4) is 17.6 Å². The van der Waals surface area contributed by atoms with Crippen LogP contribution in [0.3, 0.4) is 0 Å². The molecule has 6 nitrogen and oxygen atoms in total. The number of hydrogen-bond acceptors (Lipinski definition) is 5. The normalized spacial score (nSPS) is 17.6. The van der Waals surface area contributed by atoms with E-state index >= 15 is 0 Å². The largest absolute Gasteiger partial charge is 0.490 e. The predicted octanol–water partition coefficient (Wildman–Crippen LogP) is 3.02. The number of carbonyl (C=O) groups is 2. The van der Waals surface area contributed by atoms with E-state index in [1.165, 1.54) is 6.42 Å². The smallest absolute Gasteiger partial charge is 0.245 e. The minimum atomic E-state index is -1.35. The second kappa shape index (κ2) is 8.72. The van der Waals surface area contributed by atoms with Crippen LogP contribution in [0.2, 0.25) is 0 Å². The van der Waals surface area contributed by atoms with Gasteiger partial charge >= 0.3 is 0 Å². The Labute approximate surface area is 159 Å². The molecule has 1 aliphatic heterocycles. The molecular formula is C21H24N2O4. The van der Waals surface area contributed by atoms with Crippen LogP contribution in [0.15, 0.2) is 23.8 Å². The topological polar surface area (TPSA) is 88.4 Å². The number of carbonyl (C=O) groups excluding carboxylic acids is 2. The Morgan fingerprint density at radius 1 is 1.33 bits per heavy atom. The third kappa shape index (κ3) is 4.30. The minimum Gasteiger partial charge on any atom is -0.490 e. The molecule has 1 heterocycles. The molecule has 27 heavy (non-hydrogen) atoms. The highest BCUT2D eigenvalue weighted by molar-refractivity contribution is 6.14. The summed E-state index contributed by atoms with van der Waals surface area (Å²) >= 11 is 0. The summed E-state index contributed by atoms with van der Waals surface area (Å²) < 4.78 is 11.2. The summed E-state index contributed by atoms with van der Waals surface area (Å²) in [6.07, 6.45) is 6.78. The van der Waals surface area contributed by atoms with E-state index in [1.807, 2.05) is 25.1 Å². The van der Waals surface area contributed by atoms with E-state index in [0.717, 1.165) is 25.7 Å². The fraction of sp³-hybridized carbons (Fsp3) is 0.476. The number of rotatable bonds is 6. The summed E-state index contributed by atoms with van der Waals surface area (Å²) in [7, 11) is 0. The van der Waals surface area contributed by atoms with Gasteiger partial charge in [-0.15, -0.1) is 0 Å². The summed E-state index contributed by atoms with van der Waals surface area (Å²) in [6.45, 7) is 2.41. The second-order valence-corrected chi connectivity index (χ2v) is 6.84. The molecule has 1 aromatic rings. The quantitative estimate of drug-likeness (QED) is 0.780. The molecule has 1 unspecified atom stereocenters. The number of Topliss-reactive ketones (excluding diaryl/α,β-unsaturated/α-hetero) is 1. The van der Waals surface area contributed by atoms with Gasteiger partial charge in [-0.05, 0) is 31.9 Å². The number of ether oxygens (including phenoxy) is 2. The number of para-hydroxylation sites is 1. The van der Waals surface area contributed by atoms with E-state index in [4.69, 9.17) is 9.47 Å². The molecule has 0 aromatic heterocycles. The summed E-state index contributed by atoms with van der Waals surface area (Å²) in [5.41, 5.74) is 1.03. The molecular weight excluding hydrogens is 344 g/mol. The Kier molecular flexibility index (Phi) is 6.12. The van der Waals surface area contributed by atoms with Crippen molar-refractivity contribution in [2.75, 3.05) is 13.2 Å². The van der Waals surface area contributed by atoms with Crippen molar-refractivity contribution in [3.63, 3.8) is 0 Å². The summed E-state index contributed by atoms with van der Waals surface area (Å²) in [6, 6.07) is 7.35. The molecule has 1 N–H and O–H groups in total. The first-order chi connectivity index (χ1) is 13.1. The SMILES string of the molecule is CCOc1cccc2c1OCC(C(=O)C(C#N)C(=O)NC1CCCCC1)=C2. The molecule has 1 saturated carbocycles. The highest BCUT2D eigenvalue weighted by Gasteiger charge is 2.32. The van der Waals surface area contributed by atoms with Gasteiger partial charge in [0.05, 0.1) is 12.7 Å². The van der Waals surface area contributed by atoms with Crippen molar-refractivity contribution in [1.82, 2.24) is 5.32 Å². The van der Waals surface area contributed by atoms with E-state index in [0.29, 0.717) is 29.2 Å². The zero-order chi connectivity index (χ0) is 19.2. The van der Waals surface area contributed by atoms with Crippen LogP contribution in [0.25, 0.3) is 6.08 Å². The summed E-state index contributed by atoms with van der Waals surface area (Å²) in [4.78, 5) is 25.2. The lowest BCUT2D eigenvalue weighted by molar-refractivity contribution is -0.130. The molecule has 1 fully saturated rings. The van der Waals surface area contributed by atoms with Crippen LogP contribution in [-0.2, 0) is 9.59 Å². The van der Waals surface area contributed by atoms with Gasteiger partial charge in [0.25, 0.3) is 0 Å². The molecule has 0 saturated heterocycles. The zero-order valence-electron chi connectivity index (χ0n) is 15.5. The van der Waals surface area contributed by atoms with Crippen molar-refractivity contribution in [3.05, 3.63) is 29.3 Å². The van der Waals surface area contributed by atoms with Crippen LogP contribution < -0.4 is 14.8 Å². The lowest BCUT2D eigenvalue weighted by Crippen LogP contribution is -2.42. The lowest BCUT2D eigenvalue weighted by Gasteiger charge is -2.24. The van der Waals surface area contributed by atoms with Gasteiger partial charge in [-0.3, -0.25) is 9.59 Å². The molecule has 1 aromatic carbocycles. The first kappa shape index (κ1) is 19.0. The molecule has 0 radical (unpaired) electrons. The standard InChI is InChI=1S/C21H24N2O4/c1-2-26-18-10-6-7-14-11-15(13-27-20(14)18)19(24)17(12-22)21(25)23-16-8-4-3-5-9-16/h6-7,10-11,16-17H,2-5,8-9,13H2,1H3,(H,23,25). The van der Waals surface area contributed by atoms with Crippen molar-refractivity contribution in [2.24, 2.45) is 5.92 Å². The number of ketones is 1. The Morgan fingerprint density at radius 2 is 2.11 bits per heavy atom. The van der Waals surface area contributed by atoms with E-state index in [2.05, 4.69) is 5.32 Å². The van der Waals surface area contributed by atoms with E-state index in [1.54, 1.807) is 12.1 Å². The van der Waals surface area contributed by atoms with Crippen LogP contribution >= 0.6 is 0 Å². The molecule has 142 valence electrons. The van der Waals surface area contributed by atoms with Crippen molar-refractivity contribution in [2.45, 2.75) is 45.1 Å². The fourth-order valence-electron chi connectivity index (χ4n) is 3.54. The molecule has 1 aliphatic carbocycles. The number of benzene rings is 1. The van der Waals surface area contributed by atoms with Crippen LogP contribution in [0.4, 0.5) is 0 Å². The van der Waals surface area contributed by atoms with Gasteiger partial charge in [0.1, 0.15) is 6.61 Å². The van der Waals surface area contributed by atoms with Crippen LogP contribution in [-0.4, -0.2) is 30.9 Å². The average Bonchev–Trinajstić information content (AvgIpc) is 2.69. The predicted molar refractivity (Wildman–Crippen MR) is 100 cm³/mol. The van der Waals surface area contributed by atoms with Crippen LogP contribution in [0, 0.1) is 17.2 Å². The van der Waals surface area contributed by atoms with Gasteiger partial charge in [-0.25, -0.2) is 0 Å². The first-order valence-electron chi connectivity index (χ1n) is 9.47. The summed E-state index contributed by atoms with van der Waals surface area (Å²) in [5, 5.41) is 12.3. The Balaban J connectivity index is 1.74. The highest BCUT2D eigenvalue weighted by atomic mass is 16.5. The minimum absolute atomic E-state index is 0.0187. The molecule has 3 rings (SSSR count). The lowest BCUT2D eigenvalue weighted by atomic mass is 9.92. The third-order valence-corrected chi connectivity index (χ3v) is 4.93. The maximum atomic E-state index is 12.8. The van der Waals surface area contributed by atoms with E-state index in [-0.39, 0.29) is 12.6 Å². The van der Waals surface area contributed by atoms with Gasteiger partial charge in [0, 0.05) is 17.2 Å². The monoisotopic (exact) mass is 368 g/mol. The van der Waals surface area contributed by atoms with Gasteiger partial charge in [-0.2, -0.15) is 5.26 Å². The van der Waals surface area contributed by atoms with E-state index < -0.39 is 17.6 Å². The van der Waals surface area contributed by atoms with Gasteiger partial charge < -0.3 is 14.8 Å². The number of amides is 1. The Morgan fingerprint density at radius 3 is 2.81 bits per heavy atom. The number of fused-ring (bicyclic) bond motifs is 1. The molecule has 6 heteroatoms. The molecule has 1 atom stereocenters. The maximum Gasteiger partial charge on any atom is 0.245 e. The number of nitriles is 1. The van der Waals surface area contributed by atoms with Gasteiger partial charge in [-0.1, -0.05) is 31.4 Å². The van der Waals surface area contributed by atoms with E-state index in [9.17, 15) is 14.9 Å². The second-order valence-electron chi connectivity index (χ2n) is 6.84. The Hall–Kier alpha value is -2.81. The van der Waals surface area contributed by atoms with Gasteiger partial charge in [0.15, 0.2) is 23.2 Å². The molecule has 0 bridgehead atoms. The third-order valence-electron chi connectivity index (χ3n) is 4.93. The molecule has 0 spiro atoms. The number of nitrogens with one attached hydrogen (secondary N) is 1. The first-order valence-corrected chi connectivity index (χ1v) is 9.47. The highest BCUT2D eigenvalue weighted by Crippen LogP contribution is 2.36. The summed E-state index contributed by atoms with van der Waals surface area (Å²) in [5.74, 6) is -1.17. The zero-order valence-corrected chi connectivity index (χ0v) is 15.5. The maximum absolute atomic E-state index is 12.8. The van der Waals surface area contributed by atoms with Crippen molar-refractivity contribution >= 4 is 17.8 Å². The van der Waals surface area contributed by atoms with Crippen molar-refractivity contribution in [1.29, 1.82) is 5.26 Å². The Bertz CT molecular complexity index is 788. The van der Waals surface area contributed by atoms with Crippen LogP contribution in [0.1, 0.15) is 44.6 Å².